The van der Waals surface area contributed by atoms with Gasteiger partial charge in [0.1, 0.15) is 12.4 Å². The van der Waals surface area contributed by atoms with Crippen molar-refractivity contribution in [2.75, 3.05) is 26.2 Å². The number of benzene rings is 2. The summed E-state index contributed by atoms with van der Waals surface area (Å²) < 4.78 is 6.13. The lowest BCUT2D eigenvalue weighted by molar-refractivity contribution is -0.183. The standard InChI is InChI=1S/C30H34N4O6/c1-19(32-13-15-33(16-14-32)29(37)22-9-10-22)21-7-5-20(6-8-21)18-39-25-4-2-3-23-24(25)17-34(30(23)38)40-26-11-12-27(35)31-28(26)36/h2-8,19,22,26H,9-18H2,1H3,(H,31,35,36)/t19-,26?/m1/s1. The van der Waals surface area contributed by atoms with Crippen LogP contribution < -0.4 is 10.1 Å². The van der Waals surface area contributed by atoms with Gasteiger partial charge < -0.3 is 9.64 Å². The molecule has 0 spiro atoms. The van der Waals surface area contributed by atoms with Crippen molar-refractivity contribution >= 4 is 23.6 Å². The molecule has 2 aromatic carbocycles. The van der Waals surface area contributed by atoms with E-state index in [2.05, 4.69) is 41.4 Å². The largest absolute Gasteiger partial charge is 0.489 e. The molecule has 1 saturated carbocycles. The average Bonchev–Trinajstić information content (AvgIpc) is 3.77. The fourth-order valence-corrected chi connectivity index (χ4v) is 5.61. The highest BCUT2D eigenvalue weighted by molar-refractivity contribution is 6.01. The zero-order chi connectivity index (χ0) is 27.8. The molecule has 0 aromatic heterocycles. The van der Waals surface area contributed by atoms with E-state index >= 15 is 0 Å². The van der Waals surface area contributed by atoms with Crippen LogP contribution in [0.5, 0.6) is 5.75 Å². The molecule has 1 unspecified atom stereocenters. The van der Waals surface area contributed by atoms with Gasteiger partial charge in [0.15, 0.2) is 6.10 Å². The summed E-state index contributed by atoms with van der Waals surface area (Å²) in [5.74, 6) is 0.0114. The van der Waals surface area contributed by atoms with Crippen LogP contribution in [0.1, 0.15) is 65.7 Å². The number of carbonyl (C=O) groups is 4. The molecule has 40 heavy (non-hydrogen) atoms. The molecule has 210 valence electrons. The summed E-state index contributed by atoms with van der Waals surface area (Å²) in [5, 5.41) is 3.42. The van der Waals surface area contributed by atoms with E-state index in [9.17, 15) is 19.2 Å². The lowest BCUT2D eigenvalue weighted by Crippen LogP contribution is -2.49. The molecule has 4 amide bonds. The van der Waals surface area contributed by atoms with Crippen LogP contribution >= 0.6 is 0 Å². The lowest BCUT2D eigenvalue weighted by atomic mass is 10.0. The molecule has 0 radical (unpaired) electrons. The third-order valence-electron chi connectivity index (χ3n) is 8.29. The Bertz CT molecular complexity index is 1320. The number of hydroxylamine groups is 2. The third-order valence-corrected chi connectivity index (χ3v) is 8.29. The number of piperidine rings is 1. The topological polar surface area (TPSA) is 108 Å². The summed E-state index contributed by atoms with van der Waals surface area (Å²) in [6.45, 7) is 6.07. The summed E-state index contributed by atoms with van der Waals surface area (Å²) in [7, 11) is 0. The highest BCUT2D eigenvalue weighted by atomic mass is 16.7. The molecule has 4 aliphatic rings. The smallest absolute Gasteiger partial charge is 0.278 e. The van der Waals surface area contributed by atoms with Crippen molar-refractivity contribution in [3.05, 3.63) is 64.7 Å². The number of carbonyl (C=O) groups excluding carboxylic acids is 4. The molecule has 3 fully saturated rings. The molecule has 2 aromatic rings. The molecule has 0 bridgehead atoms. The molecular weight excluding hydrogens is 512 g/mol. The van der Waals surface area contributed by atoms with Gasteiger partial charge in [0.25, 0.3) is 11.8 Å². The lowest BCUT2D eigenvalue weighted by Gasteiger charge is -2.38. The first kappa shape index (κ1) is 26.5. The van der Waals surface area contributed by atoms with Gasteiger partial charge in [0, 0.05) is 50.1 Å². The molecule has 1 aliphatic carbocycles. The Morgan fingerprint density at radius 1 is 1.00 bits per heavy atom. The molecular formula is C30H34N4O6. The molecule has 1 N–H and O–H groups in total. The predicted octanol–water partition coefficient (Wildman–Crippen LogP) is 2.57. The van der Waals surface area contributed by atoms with Crippen molar-refractivity contribution in [3.8, 4) is 5.75 Å². The Balaban J connectivity index is 1.03. The van der Waals surface area contributed by atoms with Crippen LogP contribution in [0.4, 0.5) is 0 Å². The maximum Gasteiger partial charge on any atom is 0.278 e. The van der Waals surface area contributed by atoms with Crippen LogP contribution in [0.3, 0.4) is 0 Å². The number of amides is 4. The summed E-state index contributed by atoms with van der Waals surface area (Å²) in [6, 6.07) is 13.9. The Morgan fingerprint density at radius 3 is 2.45 bits per heavy atom. The number of piperazine rings is 1. The van der Waals surface area contributed by atoms with E-state index in [-0.39, 0.29) is 43.2 Å². The highest BCUT2D eigenvalue weighted by Crippen LogP contribution is 2.33. The van der Waals surface area contributed by atoms with Crippen LogP contribution in [0.2, 0.25) is 0 Å². The number of fused-ring (bicyclic) bond motifs is 1. The number of hydrogen-bond acceptors (Lipinski definition) is 7. The fourth-order valence-electron chi connectivity index (χ4n) is 5.61. The monoisotopic (exact) mass is 546 g/mol. The van der Waals surface area contributed by atoms with E-state index in [0.717, 1.165) is 44.6 Å². The van der Waals surface area contributed by atoms with Gasteiger partial charge in [0.05, 0.1) is 12.1 Å². The fraction of sp³-hybridized carbons (Fsp3) is 0.467. The van der Waals surface area contributed by atoms with Crippen molar-refractivity contribution < 1.29 is 28.8 Å². The Labute approximate surface area is 233 Å². The van der Waals surface area contributed by atoms with Crippen LogP contribution in [0.25, 0.3) is 0 Å². The van der Waals surface area contributed by atoms with Crippen molar-refractivity contribution in [2.45, 2.75) is 57.9 Å². The summed E-state index contributed by atoms with van der Waals surface area (Å²) in [6.07, 6.45) is 1.63. The van der Waals surface area contributed by atoms with E-state index in [1.165, 1.54) is 10.6 Å². The molecule has 3 aliphatic heterocycles. The number of nitrogens with one attached hydrogen (secondary N) is 1. The van der Waals surface area contributed by atoms with E-state index < -0.39 is 12.0 Å². The van der Waals surface area contributed by atoms with E-state index in [1.54, 1.807) is 12.1 Å². The van der Waals surface area contributed by atoms with Crippen molar-refractivity contribution in [1.82, 2.24) is 20.2 Å². The molecule has 2 atom stereocenters. The maximum atomic E-state index is 12.9. The first-order valence-electron chi connectivity index (χ1n) is 14.1. The summed E-state index contributed by atoms with van der Waals surface area (Å²) in [5.41, 5.74) is 3.42. The second-order valence-corrected chi connectivity index (χ2v) is 11.0. The van der Waals surface area contributed by atoms with Gasteiger partial charge >= 0.3 is 0 Å². The van der Waals surface area contributed by atoms with Gasteiger partial charge in [-0.05, 0) is 49.4 Å². The molecule has 2 saturated heterocycles. The summed E-state index contributed by atoms with van der Waals surface area (Å²) in [4.78, 5) is 58.9. The van der Waals surface area contributed by atoms with Crippen molar-refractivity contribution in [1.29, 1.82) is 0 Å². The first-order chi connectivity index (χ1) is 19.4. The quantitative estimate of drug-likeness (QED) is 0.507. The SMILES string of the molecule is C[C@H](c1ccc(COc2cccc3c2CN(OC2CCC(=O)NC2=O)C3=O)cc1)N1CCN(C(=O)C2CC2)CC1. The number of hydrogen-bond donors (Lipinski definition) is 1. The van der Waals surface area contributed by atoms with Gasteiger partial charge in [-0.15, -0.1) is 0 Å². The molecule has 10 nitrogen and oxygen atoms in total. The van der Waals surface area contributed by atoms with Gasteiger partial charge in [-0.25, -0.2) is 5.06 Å². The zero-order valence-corrected chi connectivity index (χ0v) is 22.6. The zero-order valence-electron chi connectivity index (χ0n) is 22.6. The van der Waals surface area contributed by atoms with Crippen molar-refractivity contribution in [2.24, 2.45) is 5.92 Å². The van der Waals surface area contributed by atoms with Gasteiger partial charge in [-0.2, -0.15) is 0 Å². The van der Waals surface area contributed by atoms with Crippen LogP contribution in [0.15, 0.2) is 42.5 Å². The second kappa shape index (κ2) is 11.0. The van der Waals surface area contributed by atoms with Crippen LogP contribution in [0, 0.1) is 5.92 Å². The van der Waals surface area contributed by atoms with Gasteiger partial charge in [-0.3, -0.25) is 34.2 Å². The van der Waals surface area contributed by atoms with Crippen LogP contribution in [-0.4, -0.2) is 70.8 Å². The number of ether oxygens (including phenoxy) is 1. The maximum absolute atomic E-state index is 12.9. The Morgan fingerprint density at radius 2 is 1.75 bits per heavy atom. The van der Waals surface area contributed by atoms with Crippen LogP contribution in [-0.2, 0) is 32.4 Å². The third kappa shape index (κ3) is 5.46. The molecule has 3 heterocycles. The average molecular weight is 547 g/mol. The second-order valence-electron chi connectivity index (χ2n) is 11.0. The summed E-state index contributed by atoms with van der Waals surface area (Å²) >= 11 is 0. The molecule has 10 heteroatoms. The predicted molar refractivity (Wildman–Crippen MR) is 144 cm³/mol. The highest BCUT2D eigenvalue weighted by Gasteiger charge is 2.37. The number of nitrogens with zero attached hydrogens (tertiary/aromatic N) is 3. The Hall–Kier alpha value is -3.76. The minimum Gasteiger partial charge on any atom is -0.489 e. The minimum absolute atomic E-state index is 0.165. The first-order valence-corrected chi connectivity index (χ1v) is 14.1. The normalized spacial score (nSPS) is 22.2. The van der Waals surface area contributed by atoms with E-state index in [4.69, 9.17) is 9.57 Å². The molecule has 6 rings (SSSR count). The minimum atomic E-state index is -0.879. The van der Waals surface area contributed by atoms with Gasteiger partial charge in [-0.1, -0.05) is 30.3 Å². The van der Waals surface area contributed by atoms with E-state index in [0.29, 0.717) is 29.4 Å². The van der Waals surface area contributed by atoms with E-state index in [1.807, 2.05) is 11.0 Å². The Kier molecular flexibility index (Phi) is 7.29. The van der Waals surface area contributed by atoms with Gasteiger partial charge in [0.2, 0.25) is 11.8 Å². The van der Waals surface area contributed by atoms with Crippen molar-refractivity contribution in [3.63, 3.8) is 0 Å². The number of imide groups is 1. The number of rotatable bonds is 8.